The minimum Gasteiger partial charge on any atom is -0.476 e. The normalized spacial score (nSPS) is 10.5. The number of hydrogen-bond donors (Lipinski definition) is 1. The molecule has 0 saturated heterocycles. The largest absolute Gasteiger partial charge is 0.476 e. The Balaban J connectivity index is 2.25. The number of benzene rings is 1. The Bertz CT molecular complexity index is 696. The lowest BCUT2D eigenvalue weighted by Crippen LogP contribution is -2.27. The molecule has 0 fully saturated rings. The van der Waals surface area contributed by atoms with Crippen molar-refractivity contribution < 1.29 is 14.7 Å². The van der Waals surface area contributed by atoms with E-state index in [4.69, 9.17) is 5.11 Å². The van der Waals surface area contributed by atoms with Crippen LogP contribution in [0.25, 0.3) is 0 Å². The van der Waals surface area contributed by atoms with E-state index in [-0.39, 0.29) is 17.3 Å². The topological polar surface area (TPSA) is 83.4 Å². The van der Waals surface area contributed by atoms with Crippen LogP contribution in [-0.4, -0.2) is 34.0 Å². The standard InChI is InChI=1S/C16H17N3O3/c1-10(2)11-5-4-6-12(7-11)19(3)15(20)13-8-18-14(9-17-13)16(21)22/h4-10H,1-3H3,(H,21,22). The van der Waals surface area contributed by atoms with Crippen LogP contribution in [0.3, 0.4) is 0 Å². The van der Waals surface area contributed by atoms with Gasteiger partial charge in [-0.1, -0.05) is 26.0 Å². The quantitative estimate of drug-likeness (QED) is 0.938. The number of carboxylic acid groups (broad SMARTS) is 1. The molecule has 2 aromatic rings. The number of anilines is 1. The van der Waals surface area contributed by atoms with Crippen molar-refractivity contribution in [3.63, 3.8) is 0 Å². The van der Waals surface area contributed by atoms with Gasteiger partial charge in [0.1, 0.15) is 5.69 Å². The zero-order valence-electron chi connectivity index (χ0n) is 12.6. The lowest BCUT2D eigenvalue weighted by molar-refractivity contribution is 0.0689. The second-order valence-corrected chi connectivity index (χ2v) is 5.21. The fourth-order valence-corrected chi connectivity index (χ4v) is 1.93. The average Bonchev–Trinajstić information content (AvgIpc) is 2.53. The molecule has 1 aromatic carbocycles. The predicted octanol–water partition coefficient (Wildman–Crippen LogP) is 2.57. The number of amides is 1. The first kappa shape index (κ1) is 15.6. The SMILES string of the molecule is CC(C)c1cccc(N(C)C(=O)c2cnc(C(=O)O)cn2)c1. The van der Waals surface area contributed by atoms with Crippen molar-refractivity contribution in [3.8, 4) is 0 Å². The summed E-state index contributed by atoms with van der Waals surface area (Å²) in [4.78, 5) is 32.2. The Morgan fingerprint density at radius 1 is 1.14 bits per heavy atom. The molecule has 6 nitrogen and oxygen atoms in total. The van der Waals surface area contributed by atoms with Gasteiger partial charge in [0.15, 0.2) is 5.69 Å². The molecule has 0 bridgehead atoms. The third-order valence-corrected chi connectivity index (χ3v) is 3.32. The van der Waals surface area contributed by atoms with Crippen LogP contribution in [0.15, 0.2) is 36.7 Å². The number of carbonyl (C=O) groups is 2. The fraction of sp³-hybridized carbons (Fsp3) is 0.250. The molecule has 0 saturated carbocycles. The predicted molar refractivity (Wildman–Crippen MR) is 82.3 cm³/mol. The van der Waals surface area contributed by atoms with Crippen molar-refractivity contribution in [1.29, 1.82) is 0 Å². The molecule has 1 heterocycles. The maximum Gasteiger partial charge on any atom is 0.356 e. The van der Waals surface area contributed by atoms with Gasteiger partial charge < -0.3 is 10.0 Å². The van der Waals surface area contributed by atoms with Crippen molar-refractivity contribution in [2.45, 2.75) is 19.8 Å². The third kappa shape index (κ3) is 3.28. The summed E-state index contributed by atoms with van der Waals surface area (Å²) in [6.45, 7) is 4.16. The van der Waals surface area contributed by atoms with Crippen molar-refractivity contribution in [2.75, 3.05) is 11.9 Å². The van der Waals surface area contributed by atoms with Gasteiger partial charge in [0.05, 0.1) is 12.4 Å². The number of aromatic carboxylic acids is 1. The van der Waals surface area contributed by atoms with Gasteiger partial charge in [-0.3, -0.25) is 4.79 Å². The number of aromatic nitrogens is 2. The second kappa shape index (κ2) is 6.34. The summed E-state index contributed by atoms with van der Waals surface area (Å²) < 4.78 is 0. The van der Waals surface area contributed by atoms with Crippen molar-refractivity contribution in [1.82, 2.24) is 9.97 Å². The molecule has 0 aliphatic carbocycles. The van der Waals surface area contributed by atoms with Crippen LogP contribution in [0.5, 0.6) is 0 Å². The highest BCUT2D eigenvalue weighted by atomic mass is 16.4. The van der Waals surface area contributed by atoms with Gasteiger partial charge in [-0.2, -0.15) is 0 Å². The first-order valence-electron chi connectivity index (χ1n) is 6.83. The van der Waals surface area contributed by atoms with Gasteiger partial charge >= 0.3 is 5.97 Å². The zero-order chi connectivity index (χ0) is 16.3. The highest BCUT2D eigenvalue weighted by Crippen LogP contribution is 2.21. The first-order chi connectivity index (χ1) is 10.4. The molecule has 0 unspecified atom stereocenters. The zero-order valence-corrected chi connectivity index (χ0v) is 12.6. The molecule has 2 rings (SSSR count). The van der Waals surface area contributed by atoms with Crippen LogP contribution < -0.4 is 4.90 Å². The highest BCUT2D eigenvalue weighted by molar-refractivity contribution is 6.04. The summed E-state index contributed by atoms with van der Waals surface area (Å²) in [6.07, 6.45) is 2.25. The number of carbonyl (C=O) groups excluding carboxylic acids is 1. The summed E-state index contributed by atoms with van der Waals surface area (Å²) in [7, 11) is 1.65. The van der Waals surface area contributed by atoms with Gasteiger partial charge in [0, 0.05) is 12.7 Å². The molecular formula is C16H17N3O3. The van der Waals surface area contributed by atoms with E-state index < -0.39 is 5.97 Å². The lowest BCUT2D eigenvalue weighted by atomic mass is 10.0. The van der Waals surface area contributed by atoms with Crippen LogP contribution in [0.2, 0.25) is 0 Å². The average molecular weight is 299 g/mol. The minimum atomic E-state index is -1.18. The van der Waals surface area contributed by atoms with Gasteiger partial charge in [0.2, 0.25) is 0 Å². The molecule has 22 heavy (non-hydrogen) atoms. The van der Waals surface area contributed by atoms with Crippen LogP contribution >= 0.6 is 0 Å². The fourth-order valence-electron chi connectivity index (χ4n) is 1.93. The molecule has 1 amide bonds. The van der Waals surface area contributed by atoms with Crippen LogP contribution in [0, 0.1) is 0 Å². The molecule has 6 heteroatoms. The third-order valence-electron chi connectivity index (χ3n) is 3.32. The Hall–Kier alpha value is -2.76. The van der Waals surface area contributed by atoms with E-state index in [1.54, 1.807) is 7.05 Å². The van der Waals surface area contributed by atoms with Crippen molar-refractivity contribution in [3.05, 3.63) is 53.6 Å². The molecule has 1 N–H and O–H groups in total. The molecular weight excluding hydrogens is 282 g/mol. The summed E-state index contributed by atoms with van der Waals surface area (Å²) in [5.74, 6) is -1.16. The van der Waals surface area contributed by atoms with E-state index in [9.17, 15) is 9.59 Å². The monoisotopic (exact) mass is 299 g/mol. The number of rotatable bonds is 4. The van der Waals surface area contributed by atoms with Gasteiger partial charge in [-0.05, 0) is 23.6 Å². The summed E-state index contributed by atoms with van der Waals surface area (Å²) >= 11 is 0. The van der Waals surface area contributed by atoms with Crippen LogP contribution in [-0.2, 0) is 0 Å². The van der Waals surface area contributed by atoms with Crippen molar-refractivity contribution >= 4 is 17.6 Å². The molecule has 0 spiro atoms. The van der Waals surface area contributed by atoms with E-state index in [0.29, 0.717) is 5.92 Å². The minimum absolute atomic E-state index is 0.0995. The first-order valence-corrected chi connectivity index (χ1v) is 6.83. The summed E-state index contributed by atoms with van der Waals surface area (Å²) in [6, 6.07) is 7.69. The molecule has 0 radical (unpaired) electrons. The van der Waals surface area contributed by atoms with Crippen molar-refractivity contribution in [2.24, 2.45) is 0 Å². The van der Waals surface area contributed by atoms with E-state index >= 15 is 0 Å². The summed E-state index contributed by atoms with van der Waals surface area (Å²) in [5.41, 5.74) is 1.79. The number of nitrogens with zero attached hydrogens (tertiary/aromatic N) is 3. The van der Waals surface area contributed by atoms with Gasteiger partial charge in [-0.25, -0.2) is 14.8 Å². The molecule has 0 aliphatic heterocycles. The molecule has 114 valence electrons. The Morgan fingerprint density at radius 3 is 2.32 bits per heavy atom. The molecule has 0 atom stereocenters. The number of carboxylic acids is 1. The van der Waals surface area contributed by atoms with E-state index in [1.807, 2.05) is 24.3 Å². The Kier molecular flexibility index (Phi) is 4.50. The maximum atomic E-state index is 12.4. The summed E-state index contributed by atoms with van der Waals surface area (Å²) in [5, 5.41) is 8.79. The lowest BCUT2D eigenvalue weighted by Gasteiger charge is -2.18. The Labute approximate surface area is 128 Å². The smallest absolute Gasteiger partial charge is 0.356 e. The molecule has 1 aromatic heterocycles. The maximum absolute atomic E-state index is 12.4. The van der Waals surface area contributed by atoms with E-state index in [0.717, 1.165) is 17.4 Å². The highest BCUT2D eigenvalue weighted by Gasteiger charge is 2.17. The van der Waals surface area contributed by atoms with Crippen LogP contribution in [0.1, 0.15) is 46.3 Å². The van der Waals surface area contributed by atoms with E-state index in [1.165, 1.54) is 11.1 Å². The van der Waals surface area contributed by atoms with E-state index in [2.05, 4.69) is 23.8 Å². The van der Waals surface area contributed by atoms with Gasteiger partial charge in [0.25, 0.3) is 5.91 Å². The Morgan fingerprint density at radius 2 is 1.77 bits per heavy atom. The number of hydrogen-bond acceptors (Lipinski definition) is 4. The second-order valence-electron chi connectivity index (χ2n) is 5.21. The van der Waals surface area contributed by atoms with Gasteiger partial charge in [-0.15, -0.1) is 0 Å². The van der Waals surface area contributed by atoms with Crippen LogP contribution in [0.4, 0.5) is 5.69 Å². The molecule has 0 aliphatic rings.